The molecule has 0 unspecified atom stereocenters. The van der Waals surface area contributed by atoms with Gasteiger partial charge in [-0.3, -0.25) is 4.68 Å². The summed E-state index contributed by atoms with van der Waals surface area (Å²) in [7, 11) is 3.24. The zero-order valence-electron chi connectivity index (χ0n) is 16.6. The largest absolute Gasteiger partial charge is 0.493 e. The molecule has 0 amide bonds. The van der Waals surface area contributed by atoms with Crippen molar-refractivity contribution in [1.82, 2.24) is 15.1 Å². The van der Waals surface area contributed by atoms with E-state index in [-0.39, 0.29) is 0 Å². The maximum atomic E-state index is 6.23. The maximum absolute atomic E-state index is 6.23. The highest BCUT2D eigenvalue weighted by Crippen LogP contribution is 2.27. The molecule has 6 nitrogen and oxygen atoms in total. The molecular weight excluding hydrogens is 443 g/mol. The minimum Gasteiger partial charge on any atom is -0.493 e. The molecule has 0 spiro atoms. The number of halogens is 2. The van der Waals surface area contributed by atoms with Gasteiger partial charge in [0, 0.05) is 28.9 Å². The third-order valence-corrected chi connectivity index (χ3v) is 5.21. The van der Waals surface area contributed by atoms with E-state index in [2.05, 4.69) is 15.7 Å². The third kappa shape index (κ3) is 6.01. The molecule has 0 aliphatic heterocycles. The summed E-state index contributed by atoms with van der Waals surface area (Å²) in [5.74, 6) is 2.08. The van der Waals surface area contributed by atoms with Crippen LogP contribution in [-0.2, 0) is 13.0 Å². The Hall–Kier alpha value is -2.48. The average molecular weight is 465 g/mol. The number of thiocarbonyl (C=S) groups is 1. The Morgan fingerprint density at radius 3 is 2.60 bits per heavy atom. The van der Waals surface area contributed by atoms with Crippen LogP contribution in [0.4, 0.5) is 5.82 Å². The second kappa shape index (κ2) is 10.5. The monoisotopic (exact) mass is 464 g/mol. The van der Waals surface area contributed by atoms with E-state index in [0.717, 1.165) is 17.5 Å². The van der Waals surface area contributed by atoms with Crippen molar-refractivity contribution in [2.75, 3.05) is 26.1 Å². The zero-order valence-corrected chi connectivity index (χ0v) is 18.9. The summed E-state index contributed by atoms with van der Waals surface area (Å²) in [4.78, 5) is 0. The van der Waals surface area contributed by atoms with Crippen molar-refractivity contribution in [2.24, 2.45) is 0 Å². The molecule has 1 heterocycles. The number of nitrogens with zero attached hydrogens (tertiary/aromatic N) is 2. The fraction of sp³-hybridized carbons (Fsp3) is 0.238. The highest BCUT2D eigenvalue weighted by Gasteiger charge is 2.07. The predicted octanol–water partition coefficient (Wildman–Crippen LogP) is 4.78. The Labute approximate surface area is 191 Å². The SMILES string of the molecule is COc1ccc(CCNC(=S)Nc2ccn(Cc3ccc(Cl)cc3Cl)n2)cc1OC. The summed E-state index contributed by atoms with van der Waals surface area (Å²) >= 11 is 17.5. The number of hydrogen-bond donors (Lipinski definition) is 2. The van der Waals surface area contributed by atoms with E-state index >= 15 is 0 Å². The molecule has 0 atom stereocenters. The van der Waals surface area contributed by atoms with Crippen LogP contribution < -0.4 is 20.1 Å². The number of nitrogens with one attached hydrogen (secondary N) is 2. The summed E-state index contributed by atoms with van der Waals surface area (Å²) < 4.78 is 12.4. The number of benzene rings is 2. The van der Waals surface area contributed by atoms with Crippen LogP contribution in [0.5, 0.6) is 11.5 Å². The minimum absolute atomic E-state index is 0.505. The summed E-state index contributed by atoms with van der Waals surface area (Å²) in [6.07, 6.45) is 2.64. The van der Waals surface area contributed by atoms with Crippen LogP contribution in [0.15, 0.2) is 48.7 Å². The lowest BCUT2D eigenvalue weighted by atomic mass is 10.1. The second-order valence-corrected chi connectivity index (χ2v) is 7.71. The summed E-state index contributed by atoms with van der Waals surface area (Å²) in [5.41, 5.74) is 2.05. The second-order valence-electron chi connectivity index (χ2n) is 6.45. The van der Waals surface area contributed by atoms with Gasteiger partial charge >= 0.3 is 0 Å². The molecule has 0 saturated heterocycles. The molecule has 30 heavy (non-hydrogen) atoms. The van der Waals surface area contributed by atoms with Gasteiger partial charge in [0.05, 0.1) is 20.8 Å². The molecule has 0 radical (unpaired) electrons. The van der Waals surface area contributed by atoms with Crippen LogP contribution in [0.3, 0.4) is 0 Å². The molecule has 9 heteroatoms. The van der Waals surface area contributed by atoms with Gasteiger partial charge in [-0.2, -0.15) is 5.10 Å². The van der Waals surface area contributed by atoms with Gasteiger partial charge in [0.25, 0.3) is 0 Å². The molecule has 1 aromatic heterocycles. The molecule has 0 aliphatic rings. The van der Waals surface area contributed by atoms with E-state index in [1.54, 1.807) is 25.0 Å². The predicted molar refractivity (Wildman–Crippen MR) is 125 cm³/mol. The van der Waals surface area contributed by atoms with E-state index in [1.807, 2.05) is 42.6 Å². The Bertz CT molecular complexity index is 1030. The molecule has 158 valence electrons. The van der Waals surface area contributed by atoms with Gasteiger partial charge in [0.15, 0.2) is 22.4 Å². The van der Waals surface area contributed by atoms with E-state index in [1.165, 1.54) is 0 Å². The first-order chi connectivity index (χ1) is 14.5. The molecule has 0 fully saturated rings. The molecule has 0 saturated carbocycles. The number of hydrogen-bond acceptors (Lipinski definition) is 4. The quantitative estimate of drug-likeness (QED) is 0.467. The summed E-state index contributed by atoms with van der Waals surface area (Å²) in [6.45, 7) is 1.21. The third-order valence-electron chi connectivity index (χ3n) is 4.38. The first kappa shape index (κ1) is 22.2. The highest BCUT2D eigenvalue weighted by molar-refractivity contribution is 7.80. The number of rotatable bonds is 8. The molecule has 2 N–H and O–H groups in total. The summed E-state index contributed by atoms with van der Waals surface area (Å²) in [5, 5.41) is 12.5. The van der Waals surface area contributed by atoms with Crippen molar-refractivity contribution in [3.63, 3.8) is 0 Å². The summed E-state index contributed by atoms with van der Waals surface area (Å²) in [6, 6.07) is 13.1. The van der Waals surface area contributed by atoms with Gasteiger partial charge in [0.1, 0.15) is 0 Å². The van der Waals surface area contributed by atoms with E-state index < -0.39 is 0 Å². The Morgan fingerprint density at radius 1 is 1.07 bits per heavy atom. The first-order valence-corrected chi connectivity index (χ1v) is 10.4. The van der Waals surface area contributed by atoms with Crippen molar-refractivity contribution in [1.29, 1.82) is 0 Å². The smallest absolute Gasteiger partial charge is 0.172 e. The van der Waals surface area contributed by atoms with Crippen molar-refractivity contribution < 1.29 is 9.47 Å². The Balaban J connectivity index is 1.48. The van der Waals surface area contributed by atoms with Crippen molar-refractivity contribution >= 4 is 46.4 Å². The van der Waals surface area contributed by atoms with Crippen LogP contribution in [0.25, 0.3) is 0 Å². The van der Waals surface area contributed by atoms with Crippen LogP contribution >= 0.6 is 35.4 Å². The number of ether oxygens (including phenoxy) is 2. The Kier molecular flexibility index (Phi) is 7.79. The van der Waals surface area contributed by atoms with Crippen LogP contribution in [0.2, 0.25) is 10.0 Å². The molecule has 2 aromatic carbocycles. The van der Waals surface area contributed by atoms with Gasteiger partial charge in [-0.1, -0.05) is 35.3 Å². The standard InChI is InChI=1S/C21H22Cl2N4O2S/c1-28-18-6-3-14(11-19(18)29-2)7-9-24-21(30)25-20-8-10-27(26-20)13-15-4-5-16(22)12-17(15)23/h3-6,8,10-12H,7,9,13H2,1-2H3,(H2,24,25,26,30). The van der Waals surface area contributed by atoms with Crippen molar-refractivity contribution in [3.05, 3.63) is 69.8 Å². The van der Waals surface area contributed by atoms with Crippen LogP contribution in [0, 0.1) is 0 Å². The average Bonchev–Trinajstić information content (AvgIpc) is 3.16. The molecule has 0 bridgehead atoms. The van der Waals surface area contributed by atoms with E-state index in [0.29, 0.717) is 45.6 Å². The lowest BCUT2D eigenvalue weighted by Gasteiger charge is -2.11. The molecule has 0 aliphatic carbocycles. The molecule has 3 aromatic rings. The van der Waals surface area contributed by atoms with Gasteiger partial charge in [0.2, 0.25) is 0 Å². The lowest BCUT2D eigenvalue weighted by molar-refractivity contribution is 0.354. The lowest BCUT2D eigenvalue weighted by Crippen LogP contribution is -2.30. The minimum atomic E-state index is 0.505. The first-order valence-electron chi connectivity index (χ1n) is 9.21. The van der Waals surface area contributed by atoms with Gasteiger partial charge in [-0.05, 0) is 54.0 Å². The highest BCUT2D eigenvalue weighted by atomic mass is 35.5. The van der Waals surface area contributed by atoms with Gasteiger partial charge in [-0.25, -0.2) is 0 Å². The van der Waals surface area contributed by atoms with E-state index in [9.17, 15) is 0 Å². The number of anilines is 1. The van der Waals surface area contributed by atoms with Crippen molar-refractivity contribution in [2.45, 2.75) is 13.0 Å². The molecular formula is C21H22Cl2N4O2S. The zero-order chi connectivity index (χ0) is 21.5. The molecule has 3 rings (SSSR count). The van der Waals surface area contributed by atoms with Gasteiger partial charge in [-0.15, -0.1) is 0 Å². The number of aromatic nitrogens is 2. The normalized spacial score (nSPS) is 10.5. The van der Waals surface area contributed by atoms with Gasteiger partial charge < -0.3 is 20.1 Å². The fourth-order valence-corrected chi connectivity index (χ4v) is 3.53. The van der Waals surface area contributed by atoms with Crippen LogP contribution in [-0.4, -0.2) is 35.7 Å². The fourth-order valence-electron chi connectivity index (χ4n) is 2.86. The Morgan fingerprint density at radius 2 is 1.87 bits per heavy atom. The topological polar surface area (TPSA) is 60.3 Å². The van der Waals surface area contributed by atoms with Crippen molar-refractivity contribution in [3.8, 4) is 11.5 Å². The van der Waals surface area contributed by atoms with E-state index in [4.69, 9.17) is 44.9 Å². The maximum Gasteiger partial charge on any atom is 0.172 e. The number of methoxy groups -OCH3 is 2. The van der Waals surface area contributed by atoms with Crippen LogP contribution in [0.1, 0.15) is 11.1 Å².